The Morgan fingerprint density at radius 1 is 0.740 bits per heavy atom. The number of rotatable bonds is 10. The van der Waals surface area contributed by atoms with E-state index in [2.05, 4.69) is 16.0 Å². The van der Waals surface area contributed by atoms with Gasteiger partial charge in [-0.3, -0.25) is 14.4 Å². The van der Waals surface area contributed by atoms with E-state index in [0.29, 0.717) is 27.3 Å². The third-order valence-electron chi connectivity index (χ3n) is 7.06. The quantitative estimate of drug-likeness (QED) is 0.0979. The summed E-state index contributed by atoms with van der Waals surface area (Å²) in [6, 6.07) is 31.4. The van der Waals surface area contributed by atoms with Crippen molar-refractivity contribution in [3.63, 3.8) is 0 Å². The summed E-state index contributed by atoms with van der Waals surface area (Å²) in [5.74, 6) is -1.87. The van der Waals surface area contributed by atoms with Crippen LogP contribution in [-0.4, -0.2) is 17.7 Å². The van der Waals surface area contributed by atoms with Crippen LogP contribution in [0.3, 0.4) is 0 Å². The summed E-state index contributed by atoms with van der Waals surface area (Å²) < 4.78 is 41.2. The van der Waals surface area contributed by atoms with Gasteiger partial charge in [0.25, 0.3) is 11.8 Å². The number of anilines is 2. The lowest BCUT2D eigenvalue weighted by Gasteiger charge is -2.20. The van der Waals surface area contributed by atoms with Gasteiger partial charge in [-0.05, 0) is 77.9 Å². The highest BCUT2D eigenvalue weighted by Crippen LogP contribution is 2.40. The molecule has 3 amide bonds. The van der Waals surface area contributed by atoms with Crippen molar-refractivity contribution in [1.82, 2.24) is 5.32 Å². The Hall–Kier alpha value is -4.74. The molecule has 1 unspecified atom stereocenters. The number of thioether (sulfide) groups is 1. The van der Waals surface area contributed by atoms with E-state index in [0.717, 1.165) is 23.9 Å². The van der Waals surface area contributed by atoms with Gasteiger partial charge in [-0.2, -0.15) is 13.2 Å². The van der Waals surface area contributed by atoms with Crippen molar-refractivity contribution in [2.24, 2.45) is 0 Å². The second-order valence-electron chi connectivity index (χ2n) is 10.6. The molecule has 50 heavy (non-hydrogen) atoms. The summed E-state index contributed by atoms with van der Waals surface area (Å²) in [5.41, 5.74) is 0.0347. The lowest BCUT2D eigenvalue weighted by molar-refractivity contribution is -0.137. The van der Waals surface area contributed by atoms with Gasteiger partial charge < -0.3 is 16.0 Å². The molecule has 6 nitrogen and oxygen atoms in total. The first-order valence-corrected chi connectivity index (χ1v) is 16.7. The fourth-order valence-corrected chi connectivity index (χ4v) is 6.20. The van der Waals surface area contributed by atoms with Crippen LogP contribution >= 0.6 is 46.6 Å². The molecule has 0 fully saturated rings. The summed E-state index contributed by atoms with van der Waals surface area (Å²) in [6.07, 6.45) is -3.34. The van der Waals surface area contributed by atoms with Crippen LogP contribution < -0.4 is 16.0 Å². The maximum Gasteiger partial charge on any atom is 0.418 e. The molecule has 0 aliphatic heterocycles. The lowest BCUT2D eigenvalue weighted by atomic mass is 10.1. The van der Waals surface area contributed by atoms with Gasteiger partial charge in [-0.25, -0.2) is 0 Å². The fourth-order valence-electron chi connectivity index (χ4n) is 4.64. The Balaban J connectivity index is 1.36. The maximum atomic E-state index is 13.7. The van der Waals surface area contributed by atoms with Crippen molar-refractivity contribution in [3.05, 3.63) is 164 Å². The van der Waals surface area contributed by atoms with Gasteiger partial charge in [0.15, 0.2) is 0 Å². The Morgan fingerprint density at radius 2 is 1.40 bits per heavy atom. The SMILES string of the molecule is O=C(Nc1ccc(SC(C(=O)Nc2ccc(Cl)cc2C(F)(F)F)c2ccccc2)cc1)/C(=C/c1cccc(Cl)c1Cl)NC(=O)c1ccccc1. The normalized spacial score (nSPS) is 12.2. The molecular formula is C37H25Cl3F3N3O3S. The standard InChI is InChI=1S/C37H25Cl3F3N3O3S/c38-25-14-19-30(28(21-25)37(41,42)43)45-36(49)33(22-8-3-1-4-9-22)50-27-17-15-26(16-18-27)44-35(48)31(20-24-12-7-13-29(39)32(24)40)46-34(47)23-10-5-2-6-11-23/h1-21,33H,(H,44,48)(H,45,49)(H,46,47)/b31-20-. The minimum atomic E-state index is -4.75. The molecule has 0 spiro atoms. The highest BCUT2D eigenvalue weighted by molar-refractivity contribution is 8.00. The number of alkyl halides is 3. The molecule has 1 atom stereocenters. The van der Waals surface area contributed by atoms with Gasteiger partial charge in [-0.1, -0.05) is 95.5 Å². The molecule has 0 aromatic heterocycles. The summed E-state index contributed by atoms with van der Waals surface area (Å²) in [7, 11) is 0. The predicted octanol–water partition coefficient (Wildman–Crippen LogP) is 10.5. The zero-order chi connectivity index (χ0) is 35.8. The molecule has 5 aromatic carbocycles. The minimum absolute atomic E-state index is 0.109. The molecular weight excluding hydrogens is 730 g/mol. The number of hydrogen-bond donors (Lipinski definition) is 3. The van der Waals surface area contributed by atoms with E-state index in [-0.39, 0.29) is 20.8 Å². The van der Waals surface area contributed by atoms with Crippen LogP contribution in [0.1, 0.15) is 32.3 Å². The van der Waals surface area contributed by atoms with Gasteiger partial charge in [0.1, 0.15) is 10.9 Å². The van der Waals surface area contributed by atoms with Crippen molar-refractivity contribution in [2.75, 3.05) is 10.6 Å². The van der Waals surface area contributed by atoms with E-state index in [4.69, 9.17) is 34.8 Å². The molecule has 5 aromatic rings. The van der Waals surface area contributed by atoms with E-state index in [1.54, 1.807) is 103 Å². The van der Waals surface area contributed by atoms with E-state index in [1.807, 2.05) is 0 Å². The highest BCUT2D eigenvalue weighted by atomic mass is 35.5. The largest absolute Gasteiger partial charge is 0.418 e. The molecule has 0 bridgehead atoms. The topological polar surface area (TPSA) is 87.3 Å². The van der Waals surface area contributed by atoms with E-state index >= 15 is 0 Å². The molecule has 0 radical (unpaired) electrons. The van der Waals surface area contributed by atoms with Crippen LogP contribution in [0.25, 0.3) is 6.08 Å². The Morgan fingerprint density at radius 3 is 2.06 bits per heavy atom. The zero-order valence-electron chi connectivity index (χ0n) is 25.6. The average Bonchev–Trinajstić information content (AvgIpc) is 3.10. The van der Waals surface area contributed by atoms with Crippen LogP contribution in [0.15, 0.2) is 132 Å². The number of carbonyl (C=O) groups is 3. The fraction of sp³-hybridized carbons (Fsp3) is 0.0541. The van der Waals surface area contributed by atoms with Crippen molar-refractivity contribution in [2.45, 2.75) is 16.3 Å². The van der Waals surface area contributed by atoms with Gasteiger partial charge in [0, 0.05) is 21.2 Å². The van der Waals surface area contributed by atoms with Crippen molar-refractivity contribution >= 4 is 81.7 Å². The van der Waals surface area contributed by atoms with Gasteiger partial charge >= 0.3 is 6.18 Å². The Kier molecular flexibility index (Phi) is 11.9. The first-order chi connectivity index (χ1) is 23.9. The molecule has 0 aliphatic rings. The second kappa shape index (κ2) is 16.3. The maximum absolute atomic E-state index is 13.7. The summed E-state index contributed by atoms with van der Waals surface area (Å²) in [6.45, 7) is 0. The highest BCUT2D eigenvalue weighted by Gasteiger charge is 2.35. The lowest BCUT2D eigenvalue weighted by Crippen LogP contribution is -2.30. The van der Waals surface area contributed by atoms with Crippen molar-refractivity contribution in [1.29, 1.82) is 0 Å². The molecule has 3 N–H and O–H groups in total. The third kappa shape index (κ3) is 9.48. The summed E-state index contributed by atoms with van der Waals surface area (Å²) in [4.78, 5) is 40.6. The Labute approximate surface area is 304 Å². The van der Waals surface area contributed by atoms with E-state index in [1.165, 1.54) is 12.1 Å². The number of amides is 3. The third-order valence-corrected chi connectivity index (χ3v) is 9.40. The second-order valence-corrected chi connectivity index (χ2v) is 13.0. The number of halogens is 6. The van der Waals surface area contributed by atoms with E-state index in [9.17, 15) is 27.6 Å². The minimum Gasteiger partial charge on any atom is -0.324 e. The smallest absolute Gasteiger partial charge is 0.324 e. The first-order valence-electron chi connectivity index (χ1n) is 14.7. The number of hydrogen-bond acceptors (Lipinski definition) is 4. The first kappa shape index (κ1) is 36.5. The monoisotopic (exact) mass is 753 g/mol. The molecule has 254 valence electrons. The van der Waals surface area contributed by atoms with Gasteiger partial charge in [0.05, 0.1) is 21.3 Å². The van der Waals surface area contributed by atoms with Gasteiger partial charge in [-0.15, -0.1) is 11.8 Å². The summed E-state index contributed by atoms with van der Waals surface area (Å²) in [5, 5.41) is 7.18. The number of nitrogens with one attached hydrogen (secondary N) is 3. The van der Waals surface area contributed by atoms with Crippen molar-refractivity contribution in [3.8, 4) is 0 Å². The number of carbonyl (C=O) groups excluding carboxylic acids is 3. The van der Waals surface area contributed by atoms with E-state index < -0.39 is 40.4 Å². The van der Waals surface area contributed by atoms with Crippen LogP contribution in [0, 0.1) is 0 Å². The molecule has 0 saturated heterocycles. The molecule has 0 aliphatic carbocycles. The predicted molar refractivity (Wildman–Crippen MR) is 194 cm³/mol. The van der Waals surface area contributed by atoms with Crippen LogP contribution in [0.2, 0.25) is 15.1 Å². The Bertz CT molecular complexity index is 2050. The molecule has 0 heterocycles. The molecule has 13 heteroatoms. The van der Waals surface area contributed by atoms with Gasteiger partial charge in [0.2, 0.25) is 5.91 Å². The average molecular weight is 755 g/mol. The number of benzene rings is 5. The van der Waals surface area contributed by atoms with Crippen molar-refractivity contribution < 1.29 is 27.6 Å². The zero-order valence-corrected chi connectivity index (χ0v) is 28.7. The molecule has 0 saturated carbocycles. The van der Waals surface area contributed by atoms with Crippen LogP contribution in [0.4, 0.5) is 24.5 Å². The van der Waals surface area contributed by atoms with Crippen LogP contribution in [-0.2, 0) is 15.8 Å². The molecule has 5 rings (SSSR count). The van der Waals surface area contributed by atoms with Crippen LogP contribution in [0.5, 0.6) is 0 Å². The summed E-state index contributed by atoms with van der Waals surface area (Å²) >= 11 is 19.4.